The van der Waals surface area contributed by atoms with E-state index in [0.29, 0.717) is 6.61 Å². The van der Waals surface area contributed by atoms with Crippen LogP contribution in [0.25, 0.3) is 0 Å². The molecule has 0 amide bonds. The number of hydrogen-bond acceptors (Lipinski definition) is 5. The average Bonchev–Trinajstić information content (AvgIpc) is 2.98. The van der Waals surface area contributed by atoms with Gasteiger partial charge in [0.25, 0.3) is 0 Å². The zero-order valence-corrected chi connectivity index (χ0v) is 14.8. The minimum Gasteiger partial charge on any atom is -0.378 e. The number of aromatic nitrogens is 2. The summed E-state index contributed by atoms with van der Waals surface area (Å²) in [4.78, 5) is 10.7. The molecule has 4 nitrogen and oxygen atoms in total. The molecule has 0 saturated heterocycles. The Morgan fingerprint density at radius 1 is 1.32 bits per heavy atom. The van der Waals surface area contributed by atoms with Crippen LogP contribution < -0.4 is 5.32 Å². The van der Waals surface area contributed by atoms with Crippen LogP contribution >= 0.6 is 11.3 Å². The van der Waals surface area contributed by atoms with E-state index in [0.717, 1.165) is 23.8 Å². The number of nitrogens with zero attached hydrogens (tertiary/aromatic N) is 2. The molecule has 0 aliphatic heterocycles. The van der Waals surface area contributed by atoms with Crippen LogP contribution in [0, 0.1) is 0 Å². The Balaban J connectivity index is 2.30. The molecule has 5 heteroatoms. The quantitative estimate of drug-likeness (QED) is 0.849. The zero-order chi connectivity index (χ0) is 16.2. The maximum Gasteiger partial charge on any atom is 0.136 e. The molecule has 0 saturated carbocycles. The Morgan fingerprint density at radius 3 is 2.64 bits per heavy atom. The van der Waals surface area contributed by atoms with Gasteiger partial charge in [0.05, 0.1) is 18.3 Å². The van der Waals surface area contributed by atoms with Crippen molar-refractivity contribution in [1.29, 1.82) is 0 Å². The van der Waals surface area contributed by atoms with Gasteiger partial charge in [0.15, 0.2) is 0 Å². The third-order valence-corrected chi connectivity index (χ3v) is 4.35. The minimum absolute atomic E-state index is 0.0924. The number of anilines is 1. The van der Waals surface area contributed by atoms with E-state index in [-0.39, 0.29) is 11.5 Å². The standard InChI is InChI=1S/C17H25N3OS/c1-6-13(14-8-7-9-22-14)19-15-10-12(11-21-5)18-16(20-15)17(2,3)4/h7-10,13H,6,11H2,1-5H3,(H,18,19,20). The monoisotopic (exact) mass is 319 g/mol. The fourth-order valence-electron chi connectivity index (χ4n) is 2.17. The van der Waals surface area contributed by atoms with Gasteiger partial charge in [-0.05, 0) is 17.9 Å². The number of methoxy groups -OCH3 is 1. The smallest absolute Gasteiger partial charge is 0.136 e. The van der Waals surface area contributed by atoms with E-state index in [1.165, 1.54) is 4.88 Å². The molecule has 1 N–H and O–H groups in total. The summed E-state index contributed by atoms with van der Waals surface area (Å²) in [5.74, 6) is 1.71. The minimum atomic E-state index is -0.0924. The fourth-order valence-corrected chi connectivity index (χ4v) is 3.03. The van der Waals surface area contributed by atoms with E-state index < -0.39 is 0 Å². The van der Waals surface area contributed by atoms with Crippen molar-refractivity contribution in [2.75, 3.05) is 12.4 Å². The molecule has 0 fully saturated rings. The molecule has 1 atom stereocenters. The first-order valence-electron chi connectivity index (χ1n) is 7.61. The maximum atomic E-state index is 5.24. The highest BCUT2D eigenvalue weighted by molar-refractivity contribution is 7.10. The van der Waals surface area contributed by atoms with Gasteiger partial charge in [-0.2, -0.15) is 0 Å². The molecule has 0 radical (unpaired) electrons. The van der Waals surface area contributed by atoms with Gasteiger partial charge in [0.1, 0.15) is 11.6 Å². The van der Waals surface area contributed by atoms with Crippen LogP contribution in [0.15, 0.2) is 23.6 Å². The Bertz CT molecular complexity index is 590. The van der Waals surface area contributed by atoms with Crippen LogP contribution in [0.1, 0.15) is 56.6 Å². The van der Waals surface area contributed by atoms with Crippen molar-refractivity contribution < 1.29 is 4.74 Å². The van der Waals surface area contributed by atoms with Gasteiger partial charge >= 0.3 is 0 Å². The van der Waals surface area contributed by atoms with Crippen molar-refractivity contribution in [3.05, 3.63) is 40.0 Å². The lowest BCUT2D eigenvalue weighted by Crippen LogP contribution is -2.19. The Kier molecular flexibility index (Phi) is 5.53. The molecule has 0 bridgehead atoms. The summed E-state index contributed by atoms with van der Waals surface area (Å²) in [6.45, 7) is 9.05. The first-order chi connectivity index (χ1) is 10.4. The number of nitrogens with one attached hydrogen (secondary N) is 1. The highest BCUT2D eigenvalue weighted by atomic mass is 32.1. The van der Waals surface area contributed by atoms with Gasteiger partial charge in [0.2, 0.25) is 0 Å². The normalized spacial score (nSPS) is 13.1. The molecule has 0 aliphatic carbocycles. The van der Waals surface area contributed by atoms with Crippen molar-refractivity contribution >= 4 is 17.2 Å². The molecule has 2 rings (SSSR count). The van der Waals surface area contributed by atoms with Gasteiger partial charge in [0, 0.05) is 23.5 Å². The third-order valence-electron chi connectivity index (χ3n) is 3.36. The second-order valence-corrected chi connectivity index (χ2v) is 7.35. The SMILES string of the molecule is CCC(Nc1cc(COC)nc(C(C)(C)C)n1)c1cccs1. The van der Waals surface area contributed by atoms with Crippen LogP contribution in [0.2, 0.25) is 0 Å². The van der Waals surface area contributed by atoms with E-state index in [1.54, 1.807) is 18.4 Å². The van der Waals surface area contributed by atoms with Crippen LogP contribution in [-0.4, -0.2) is 17.1 Å². The van der Waals surface area contributed by atoms with Crippen LogP contribution in [0.5, 0.6) is 0 Å². The van der Waals surface area contributed by atoms with E-state index >= 15 is 0 Å². The van der Waals surface area contributed by atoms with E-state index in [4.69, 9.17) is 9.72 Å². The molecule has 2 aromatic heterocycles. The van der Waals surface area contributed by atoms with Crippen LogP contribution in [-0.2, 0) is 16.8 Å². The molecule has 22 heavy (non-hydrogen) atoms. The Hall–Kier alpha value is -1.46. The molecule has 120 valence electrons. The molecular formula is C17H25N3OS. The van der Waals surface area contributed by atoms with E-state index in [2.05, 4.69) is 55.5 Å². The summed E-state index contributed by atoms with van der Waals surface area (Å²) in [7, 11) is 1.69. The number of hydrogen-bond donors (Lipinski definition) is 1. The lowest BCUT2D eigenvalue weighted by Gasteiger charge is -2.21. The third kappa shape index (κ3) is 4.27. The predicted molar refractivity (Wildman–Crippen MR) is 92.4 cm³/mol. The topological polar surface area (TPSA) is 47.0 Å². The zero-order valence-electron chi connectivity index (χ0n) is 14.0. The van der Waals surface area contributed by atoms with Gasteiger partial charge in [-0.25, -0.2) is 9.97 Å². The van der Waals surface area contributed by atoms with Crippen molar-refractivity contribution in [1.82, 2.24) is 9.97 Å². The largest absolute Gasteiger partial charge is 0.378 e. The van der Waals surface area contributed by atoms with E-state index in [9.17, 15) is 0 Å². The molecule has 0 aromatic carbocycles. The van der Waals surface area contributed by atoms with Gasteiger partial charge in [-0.3, -0.25) is 0 Å². The molecule has 0 aliphatic rings. The summed E-state index contributed by atoms with van der Waals surface area (Å²) in [6.07, 6.45) is 1.01. The second-order valence-electron chi connectivity index (χ2n) is 6.37. The Labute approximate surface area is 137 Å². The predicted octanol–water partition coefficient (Wildman–Crippen LogP) is 4.55. The first kappa shape index (κ1) is 16.9. The first-order valence-corrected chi connectivity index (χ1v) is 8.49. The van der Waals surface area contributed by atoms with Crippen LogP contribution in [0.4, 0.5) is 5.82 Å². The summed E-state index contributed by atoms with van der Waals surface area (Å²) >= 11 is 1.77. The summed E-state index contributed by atoms with van der Waals surface area (Å²) in [5, 5.41) is 5.65. The van der Waals surface area contributed by atoms with Crippen molar-refractivity contribution in [3.8, 4) is 0 Å². The lowest BCUT2D eigenvalue weighted by atomic mass is 9.95. The lowest BCUT2D eigenvalue weighted by molar-refractivity contribution is 0.181. The number of rotatable bonds is 6. The molecule has 2 aromatic rings. The Morgan fingerprint density at radius 2 is 2.09 bits per heavy atom. The fraction of sp³-hybridized carbons (Fsp3) is 0.529. The van der Waals surface area contributed by atoms with Crippen molar-refractivity contribution in [2.45, 2.75) is 52.2 Å². The highest BCUT2D eigenvalue weighted by Gasteiger charge is 2.20. The molecule has 0 spiro atoms. The molecular weight excluding hydrogens is 294 g/mol. The summed E-state index contributed by atoms with van der Waals surface area (Å²) in [6, 6.07) is 6.50. The van der Waals surface area contributed by atoms with Crippen molar-refractivity contribution in [3.63, 3.8) is 0 Å². The molecule has 2 heterocycles. The maximum absolute atomic E-state index is 5.24. The van der Waals surface area contributed by atoms with Gasteiger partial charge < -0.3 is 10.1 Å². The van der Waals surface area contributed by atoms with Gasteiger partial charge in [-0.1, -0.05) is 33.8 Å². The second kappa shape index (κ2) is 7.20. The summed E-state index contributed by atoms with van der Waals surface area (Å²) in [5.41, 5.74) is 0.816. The highest BCUT2D eigenvalue weighted by Crippen LogP contribution is 2.27. The summed E-state index contributed by atoms with van der Waals surface area (Å²) < 4.78 is 5.24. The number of ether oxygens (including phenoxy) is 1. The number of thiophene rings is 1. The molecule has 1 unspecified atom stereocenters. The average molecular weight is 319 g/mol. The van der Waals surface area contributed by atoms with Crippen LogP contribution in [0.3, 0.4) is 0 Å². The van der Waals surface area contributed by atoms with Gasteiger partial charge in [-0.15, -0.1) is 11.3 Å². The van der Waals surface area contributed by atoms with Crippen molar-refractivity contribution in [2.24, 2.45) is 0 Å². The van der Waals surface area contributed by atoms with E-state index in [1.807, 2.05) is 6.07 Å².